The molecule has 0 bridgehead atoms. The molecule has 7 nitrogen and oxygen atoms in total. The van der Waals surface area contributed by atoms with Crippen molar-refractivity contribution in [2.24, 2.45) is 0 Å². The minimum absolute atomic E-state index is 0.778. The molecule has 30 heavy (non-hydrogen) atoms. The third-order valence-electron chi connectivity index (χ3n) is 3.47. The van der Waals surface area contributed by atoms with Crippen LogP contribution in [0.2, 0.25) is 0 Å². The van der Waals surface area contributed by atoms with Gasteiger partial charge in [-0.15, -0.1) is 0 Å². The van der Waals surface area contributed by atoms with Crippen molar-refractivity contribution in [2.75, 3.05) is 0 Å². The highest BCUT2D eigenvalue weighted by Crippen LogP contribution is 2.36. The monoisotopic (exact) mass is 487 g/mol. The van der Waals surface area contributed by atoms with Gasteiger partial charge in [-0.3, -0.25) is 0 Å². The number of aromatic nitrogens is 2. The zero-order valence-corrected chi connectivity index (χ0v) is 17.7. The first kappa shape index (κ1) is 28.4. The number of sulfonamides is 2. The second-order valence-electron chi connectivity index (χ2n) is 5.97. The zero-order valence-electron chi connectivity index (χ0n) is 16.0. The van der Waals surface area contributed by atoms with Crippen molar-refractivity contribution in [3.8, 4) is 0 Å². The van der Waals surface area contributed by atoms with Crippen LogP contribution in [0.4, 0.5) is 26.3 Å². The first-order valence-electron chi connectivity index (χ1n) is 8.63. The number of rotatable bonds is 10. The number of alkyl halides is 6. The van der Waals surface area contributed by atoms with Gasteiger partial charge in [0.2, 0.25) is 6.33 Å². The quantitative estimate of drug-likeness (QED) is 0.280. The van der Waals surface area contributed by atoms with Gasteiger partial charge in [-0.1, -0.05) is 39.2 Å². The van der Waals surface area contributed by atoms with E-state index in [4.69, 9.17) is 0 Å². The summed E-state index contributed by atoms with van der Waals surface area (Å²) in [5.74, 6) is 0. The van der Waals surface area contributed by atoms with Crippen LogP contribution in [0.3, 0.4) is 0 Å². The summed E-state index contributed by atoms with van der Waals surface area (Å²) < 4.78 is 113. The van der Waals surface area contributed by atoms with E-state index in [9.17, 15) is 43.2 Å². The number of hydrogen-bond acceptors (Lipinski definition) is 4. The van der Waals surface area contributed by atoms with Crippen LogP contribution in [0.5, 0.6) is 0 Å². The second-order valence-corrected chi connectivity index (χ2v) is 9.39. The standard InChI is InChI=1S/C13H23N2.C2F6NO4S2/c1-3-5-6-7-8-9-10-15-12-11-14(4-2)13-15;3-1(4,5)14(10,11)9-15(12,13)2(6,7)8/h4,11-13H,2-3,5-10H2,1H3;/q+1;-1. The summed E-state index contributed by atoms with van der Waals surface area (Å²) in [5, 5.41) is 0. The van der Waals surface area contributed by atoms with Gasteiger partial charge in [0, 0.05) is 0 Å². The Morgan fingerprint density at radius 1 is 0.933 bits per heavy atom. The van der Waals surface area contributed by atoms with Crippen LogP contribution >= 0.6 is 0 Å². The van der Waals surface area contributed by atoms with Gasteiger partial charge in [0.1, 0.15) is 12.4 Å². The molecule has 0 saturated carbocycles. The molecular weight excluding hydrogens is 464 g/mol. The van der Waals surface area contributed by atoms with Crippen molar-refractivity contribution >= 4 is 26.2 Å². The maximum absolute atomic E-state index is 11.4. The van der Waals surface area contributed by atoms with Gasteiger partial charge in [0.25, 0.3) is 0 Å². The molecule has 0 aliphatic rings. The normalized spacial score (nSPS) is 12.9. The van der Waals surface area contributed by atoms with Crippen LogP contribution in [0.25, 0.3) is 10.3 Å². The van der Waals surface area contributed by atoms with E-state index in [2.05, 4.69) is 30.6 Å². The molecule has 0 aromatic carbocycles. The SMILES string of the molecule is C=Cn1cc[n+](CCCCCCCC)c1.O=S(=O)([N-]S(=O)(=O)C(F)(F)F)C(F)(F)F. The van der Waals surface area contributed by atoms with Crippen LogP contribution in [0.15, 0.2) is 25.3 Å². The molecule has 0 unspecified atom stereocenters. The van der Waals surface area contributed by atoms with Crippen LogP contribution < -0.4 is 4.57 Å². The van der Waals surface area contributed by atoms with E-state index < -0.39 is 31.1 Å². The van der Waals surface area contributed by atoms with Crippen molar-refractivity contribution in [3.63, 3.8) is 0 Å². The van der Waals surface area contributed by atoms with Crippen LogP contribution in [-0.4, -0.2) is 32.4 Å². The maximum atomic E-state index is 11.4. The summed E-state index contributed by atoms with van der Waals surface area (Å²) in [4.78, 5) is 0. The van der Waals surface area contributed by atoms with Gasteiger partial charge >= 0.3 is 11.0 Å². The Morgan fingerprint density at radius 3 is 1.80 bits per heavy atom. The Hall–Kier alpha value is -1.61. The van der Waals surface area contributed by atoms with Gasteiger partial charge in [-0.25, -0.2) is 26.0 Å². The molecule has 0 saturated heterocycles. The molecule has 1 heterocycles. The lowest BCUT2D eigenvalue weighted by molar-refractivity contribution is -0.696. The number of imidazole rings is 1. The summed E-state index contributed by atoms with van der Waals surface area (Å²) >= 11 is 0. The van der Waals surface area contributed by atoms with Crippen LogP contribution in [0, 0.1) is 0 Å². The van der Waals surface area contributed by atoms with Crippen molar-refractivity contribution in [1.82, 2.24) is 4.57 Å². The lowest BCUT2D eigenvalue weighted by atomic mass is 10.1. The number of unbranched alkanes of at least 4 members (excludes halogenated alkanes) is 5. The smallest absolute Gasteiger partial charge is 0.421 e. The Labute approximate surface area is 171 Å². The van der Waals surface area contributed by atoms with Gasteiger partial charge < -0.3 is 4.13 Å². The minimum atomic E-state index is -6.72. The molecule has 0 atom stereocenters. The van der Waals surface area contributed by atoms with Gasteiger partial charge in [0.15, 0.2) is 20.0 Å². The Kier molecular flexibility index (Phi) is 11.1. The average Bonchev–Trinajstić information content (AvgIpc) is 3.03. The van der Waals surface area contributed by atoms with E-state index >= 15 is 0 Å². The molecule has 0 amide bonds. The summed E-state index contributed by atoms with van der Waals surface area (Å²) in [6.45, 7) is 7.11. The van der Waals surface area contributed by atoms with Crippen molar-refractivity contribution < 1.29 is 47.7 Å². The van der Waals surface area contributed by atoms with Crippen molar-refractivity contribution in [2.45, 2.75) is 63.0 Å². The molecular formula is C15H23F6N3O4S2. The fraction of sp³-hybridized carbons (Fsp3) is 0.667. The largest absolute Gasteiger partial charge is 0.480 e. The number of nitrogens with zero attached hydrogens (tertiary/aromatic N) is 3. The Bertz CT molecular complexity index is 820. The molecule has 0 radical (unpaired) electrons. The zero-order chi connectivity index (χ0) is 23.6. The molecule has 0 fully saturated rings. The maximum Gasteiger partial charge on any atom is 0.480 e. The molecule has 0 aliphatic carbocycles. The van der Waals surface area contributed by atoms with E-state index in [1.165, 1.54) is 38.5 Å². The summed E-state index contributed by atoms with van der Waals surface area (Å²) in [7, 11) is -13.4. The third-order valence-corrected chi connectivity index (χ3v) is 6.21. The van der Waals surface area contributed by atoms with E-state index in [0.717, 1.165) is 10.7 Å². The average molecular weight is 487 g/mol. The Balaban J connectivity index is 0.000000561. The number of hydrogen-bond donors (Lipinski definition) is 0. The number of aryl methyl sites for hydroxylation is 1. The first-order chi connectivity index (χ1) is 13.6. The van der Waals surface area contributed by atoms with Crippen LogP contribution in [-0.2, 0) is 26.6 Å². The molecule has 1 aromatic heterocycles. The van der Waals surface area contributed by atoms with Gasteiger partial charge in [-0.05, 0) is 12.8 Å². The van der Waals surface area contributed by atoms with E-state index in [0.29, 0.717) is 0 Å². The second kappa shape index (κ2) is 11.7. The molecule has 0 spiro atoms. The highest BCUT2D eigenvalue weighted by molar-refractivity contribution is 8.13. The fourth-order valence-electron chi connectivity index (χ4n) is 1.94. The highest BCUT2D eigenvalue weighted by Gasteiger charge is 2.46. The first-order valence-corrected chi connectivity index (χ1v) is 11.5. The van der Waals surface area contributed by atoms with E-state index in [1.807, 2.05) is 17.0 Å². The molecule has 15 heteroatoms. The predicted octanol–water partition coefficient (Wildman–Crippen LogP) is 4.30. The van der Waals surface area contributed by atoms with E-state index in [1.54, 1.807) is 0 Å². The van der Waals surface area contributed by atoms with Crippen molar-refractivity contribution in [1.29, 1.82) is 0 Å². The molecule has 0 aliphatic heterocycles. The van der Waals surface area contributed by atoms with Crippen molar-refractivity contribution in [3.05, 3.63) is 29.4 Å². The number of halogens is 6. The summed E-state index contributed by atoms with van der Waals surface area (Å²) in [6.07, 6.45) is 16.2. The third kappa shape index (κ3) is 9.93. The lowest BCUT2D eigenvalue weighted by Crippen LogP contribution is -2.30. The Morgan fingerprint density at radius 2 is 1.40 bits per heavy atom. The van der Waals surface area contributed by atoms with Crippen LogP contribution in [0.1, 0.15) is 45.4 Å². The molecule has 1 aromatic rings. The van der Waals surface area contributed by atoms with E-state index in [-0.39, 0.29) is 0 Å². The summed E-state index contributed by atoms with van der Waals surface area (Å²) in [5.41, 5.74) is -12.4. The predicted molar refractivity (Wildman–Crippen MR) is 97.7 cm³/mol. The molecule has 176 valence electrons. The lowest BCUT2D eigenvalue weighted by Gasteiger charge is -2.22. The molecule has 1 rings (SSSR count). The van der Waals surface area contributed by atoms with Gasteiger partial charge in [-0.2, -0.15) is 26.3 Å². The molecule has 0 N–H and O–H groups in total. The summed E-state index contributed by atoms with van der Waals surface area (Å²) in [6, 6.07) is 0. The fourth-order valence-corrected chi connectivity index (χ4v) is 3.65. The minimum Gasteiger partial charge on any atom is -0.421 e. The topological polar surface area (TPSA) is 91.2 Å². The highest BCUT2D eigenvalue weighted by atomic mass is 32.3. The van der Waals surface area contributed by atoms with Gasteiger partial charge in [0.05, 0.1) is 12.7 Å².